The number of ether oxygens (including phenoxy) is 1. The normalized spacial score (nSPS) is 10.8. The van der Waals surface area contributed by atoms with Crippen LogP contribution in [0.15, 0.2) is 52.3 Å². The highest BCUT2D eigenvalue weighted by atomic mass is 79.9. The van der Waals surface area contributed by atoms with E-state index in [9.17, 15) is 0 Å². The fraction of sp³-hybridized carbons (Fsp3) is 0. The van der Waals surface area contributed by atoms with Gasteiger partial charge in [0.25, 0.3) is 0 Å². The third kappa shape index (κ3) is 2.39. The molecule has 0 saturated carbocycles. The summed E-state index contributed by atoms with van der Waals surface area (Å²) in [6.45, 7) is 0. The van der Waals surface area contributed by atoms with Crippen LogP contribution in [0, 0.1) is 0 Å². The SMILES string of the molecule is Clc1ccc(Oc2cc3ccsc3cc2Br)cc1. The Morgan fingerprint density at radius 2 is 1.83 bits per heavy atom. The van der Waals surface area contributed by atoms with Gasteiger partial charge in [0.2, 0.25) is 0 Å². The molecule has 1 heterocycles. The predicted molar refractivity (Wildman–Crippen MR) is 81.1 cm³/mol. The number of benzene rings is 2. The van der Waals surface area contributed by atoms with Crippen LogP contribution in [0.3, 0.4) is 0 Å². The van der Waals surface area contributed by atoms with E-state index in [1.165, 1.54) is 10.1 Å². The van der Waals surface area contributed by atoms with Crippen LogP contribution in [0.5, 0.6) is 11.5 Å². The van der Waals surface area contributed by atoms with Crippen LogP contribution in [-0.4, -0.2) is 0 Å². The maximum Gasteiger partial charge on any atom is 0.142 e. The smallest absolute Gasteiger partial charge is 0.142 e. The lowest BCUT2D eigenvalue weighted by Crippen LogP contribution is -1.85. The van der Waals surface area contributed by atoms with Crippen LogP contribution in [-0.2, 0) is 0 Å². The highest BCUT2D eigenvalue weighted by Gasteiger charge is 2.06. The zero-order valence-corrected chi connectivity index (χ0v) is 12.3. The lowest BCUT2D eigenvalue weighted by atomic mass is 10.2. The number of halogens is 2. The molecular weight excluding hydrogens is 332 g/mol. The van der Waals surface area contributed by atoms with Gasteiger partial charge in [-0.2, -0.15) is 0 Å². The Morgan fingerprint density at radius 1 is 1.06 bits per heavy atom. The first kappa shape index (κ1) is 12.0. The van der Waals surface area contributed by atoms with Gasteiger partial charge >= 0.3 is 0 Å². The molecule has 0 saturated heterocycles. The molecule has 0 aliphatic heterocycles. The van der Waals surface area contributed by atoms with Crippen molar-refractivity contribution in [3.63, 3.8) is 0 Å². The molecule has 0 unspecified atom stereocenters. The minimum Gasteiger partial charge on any atom is -0.456 e. The van der Waals surface area contributed by atoms with Gasteiger partial charge in [-0.15, -0.1) is 11.3 Å². The molecule has 4 heteroatoms. The Morgan fingerprint density at radius 3 is 2.61 bits per heavy atom. The summed E-state index contributed by atoms with van der Waals surface area (Å²) in [7, 11) is 0. The largest absolute Gasteiger partial charge is 0.456 e. The minimum absolute atomic E-state index is 0.703. The van der Waals surface area contributed by atoms with Crippen LogP contribution in [0.25, 0.3) is 10.1 Å². The van der Waals surface area contributed by atoms with E-state index >= 15 is 0 Å². The Kier molecular flexibility index (Phi) is 3.29. The van der Waals surface area contributed by atoms with E-state index in [1.54, 1.807) is 11.3 Å². The zero-order valence-electron chi connectivity index (χ0n) is 9.19. The van der Waals surface area contributed by atoms with Gasteiger partial charge in [0.1, 0.15) is 11.5 Å². The van der Waals surface area contributed by atoms with E-state index in [-0.39, 0.29) is 0 Å². The van der Waals surface area contributed by atoms with Crippen LogP contribution < -0.4 is 4.74 Å². The molecule has 0 amide bonds. The second kappa shape index (κ2) is 4.92. The van der Waals surface area contributed by atoms with Crippen molar-refractivity contribution in [3.8, 4) is 11.5 Å². The quantitative estimate of drug-likeness (QED) is 0.547. The number of hydrogen-bond acceptors (Lipinski definition) is 2. The molecule has 2 aromatic carbocycles. The van der Waals surface area contributed by atoms with E-state index < -0.39 is 0 Å². The fourth-order valence-electron chi connectivity index (χ4n) is 1.67. The Balaban J connectivity index is 1.98. The van der Waals surface area contributed by atoms with Crippen LogP contribution in [0.4, 0.5) is 0 Å². The molecule has 1 nitrogen and oxygen atoms in total. The molecule has 0 fully saturated rings. The molecule has 3 rings (SSSR count). The van der Waals surface area contributed by atoms with Gasteiger partial charge in [0.05, 0.1) is 4.47 Å². The van der Waals surface area contributed by atoms with Crippen molar-refractivity contribution in [3.05, 3.63) is 57.3 Å². The van der Waals surface area contributed by atoms with Crippen molar-refractivity contribution in [2.45, 2.75) is 0 Å². The zero-order chi connectivity index (χ0) is 12.5. The number of thiophene rings is 1. The second-order valence-corrected chi connectivity index (χ2v) is 6.04. The average molecular weight is 340 g/mol. The molecule has 0 aliphatic carbocycles. The lowest BCUT2D eigenvalue weighted by molar-refractivity contribution is 0.480. The van der Waals surface area contributed by atoms with Gasteiger partial charge in [-0.05, 0) is 69.2 Å². The van der Waals surface area contributed by atoms with Crippen molar-refractivity contribution in [1.82, 2.24) is 0 Å². The van der Waals surface area contributed by atoms with Gasteiger partial charge in [-0.25, -0.2) is 0 Å². The summed E-state index contributed by atoms with van der Waals surface area (Å²) in [6.07, 6.45) is 0. The van der Waals surface area contributed by atoms with Crippen LogP contribution >= 0.6 is 38.9 Å². The Hall–Kier alpha value is -1.03. The second-order valence-electron chi connectivity index (χ2n) is 3.80. The molecule has 0 N–H and O–H groups in total. The topological polar surface area (TPSA) is 9.23 Å². The summed E-state index contributed by atoms with van der Waals surface area (Å²) in [5.41, 5.74) is 0. The van der Waals surface area contributed by atoms with Crippen molar-refractivity contribution in [2.75, 3.05) is 0 Å². The molecule has 0 radical (unpaired) electrons. The Bertz CT molecular complexity index is 691. The van der Waals surface area contributed by atoms with E-state index in [0.717, 1.165) is 16.0 Å². The molecule has 0 atom stereocenters. The average Bonchev–Trinajstić information content (AvgIpc) is 2.79. The molecule has 90 valence electrons. The first-order chi connectivity index (χ1) is 8.72. The first-order valence-corrected chi connectivity index (χ1v) is 7.37. The molecule has 3 aromatic rings. The van der Waals surface area contributed by atoms with Gasteiger partial charge in [0, 0.05) is 9.72 Å². The van der Waals surface area contributed by atoms with Gasteiger partial charge in [-0.1, -0.05) is 11.6 Å². The monoisotopic (exact) mass is 338 g/mol. The summed E-state index contributed by atoms with van der Waals surface area (Å²) < 4.78 is 8.03. The van der Waals surface area contributed by atoms with Crippen molar-refractivity contribution in [1.29, 1.82) is 0 Å². The molecule has 1 aromatic heterocycles. The maximum absolute atomic E-state index is 5.85. The van der Waals surface area contributed by atoms with Gasteiger partial charge < -0.3 is 4.74 Å². The maximum atomic E-state index is 5.85. The summed E-state index contributed by atoms with van der Waals surface area (Å²) in [5, 5.41) is 3.96. The summed E-state index contributed by atoms with van der Waals surface area (Å²) in [5.74, 6) is 1.58. The number of fused-ring (bicyclic) bond motifs is 1. The van der Waals surface area contributed by atoms with Crippen molar-refractivity contribution in [2.24, 2.45) is 0 Å². The standard InChI is InChI=1S/C14H8BrClOS/c15-12-8-14-9(5-6-18-14)7-13(12)17-11-3-1-10(16)2-4-11/h1-8H. The molecule has 0 aliphatic rings. The lowest BCUT2D eigenvalue weighted by Gasteiger charge is -2.08. The summed E-state index contributed by atoms with van der Waals surface area (Å²) >= 11 is 11.1. The molecule has 0 bridgehead atoms. The van der Waals surface area contributed by atoms with E-state index in [0.29, 0.717) is 5.02 Å². The van der Waals surface area contributed by atoms with E-state index in [4.69, 9.17) is 16.3 Å². The first-order valence-electron chi connectivity index (χ1n) is 5.32. The predicted octanol–water partition coefficient (Wildman–Crippen LogP) is 6.11. The Labute approximate surface area is 122 Å². The van der Waals surface area contributed by atoms with E-state index in [1.807, 2.05) is 30.3 Å². The third-order valence-corrected chi connectivity index (χ3v) is 4.30. The summed E-state index contributed by atoms with van der Waals surface area (Å²) in [4.78, 5) is 0. The number of hydrogen-bond donors (Lipinski definition) is 0. The fourth-order valence-corrected chi connectivity index (χ4v) is 3.18. The van der Waals surface area contributed by atoms with E-state index in [2.05, 4.69) is 33.4 Å². The third-order valence-electron chi connectivity index (χ3n) is 2.55. The van der Waals surface area contributed by atoms with Gasteiger partial charge in [0.15, 0.2) is 0 Å². The molecule has 0 spiro atoms. The van der Waals surface area contributed by atoms with Crippen LogP contribution in [0.1, 0.15) is 0 Å². The van der Waals surface area contributed by atoms with Crippen LogP contribution in [0.2, 0.25) is 5.02 Å². The van der Waals surface area contributed by atoms with Gasteiger partial charge in [-0.3, -0.25) is 0 Å². The highest BCUT2D eigenvalue weighted by Crippen LogP contribution is 2.35. The van der Waals surface area contributed by atoms with Crippen molar-refractivity contribution < 1.29 is 4.74 Å². The highest BCUT2D eigenvalue weighted by molar-refractivity contribution is 9.10. The summed E-state index contributed by atoms with van der Waals surface area (Å²) in [6, 6.07) is 13.5. The molecule has 18 heavy (non-hydrogen) atoms. The number of rotatable bonds is 2. The van der Waals surface area contributed by atoms with Crippen molar-refractivity contribution >= 4 is 49.0 Å². The molecular formula is C14H8BrClOS. The minimum atomic E-state index is 0.703.